The highest BCUT2D eigenvalue weighted by molar-refractivity contribution is 5.94. The largest absolute Gasteiger partial charge is 0.335 e. The van der Waals surface area contributed by atoms with E-state index in [0.29, 0.717) is 6.54 Å². The van der Waals surface area contributed by atoms with E-state index >= 15 is 0 Å². The molecule has 1 fully saturated rings. The molecule has 4 N–H and O–H groups in total. The highest BCUT2D eigenvalue weighted by atomic mass is 16.2. The van der Waals surface area contributed by atoms with Crippen LogP contribution >= 0.6 is 0 Å². The van der Waals surface area contributed by atoms with E-state index in [9.17, 15) is 9.59 Å². The maximum absolute atomic E-state index is 11.6. The Morgan fingerprint density at radius 2 is 2.20 bits per heavy atom. The van der Waals surface area contributed by atoms with E-state index in [2.05, 4.69) is 20.9 Å². The van der Waals surface area contributed by atoms with Crippen molar-refractivity contribution in [3.63, 3.8) is 0 Å². The molecular formula is C12H20N6O2. The van der Waals surface area contributed by atoms with Crippen molar-refractivity contribution in [2.24, 2.45) is 5.73 Å². The van der Waals surface area contributed by atoms with Crippen molar-refractivity contribution in [1.82, 2.24) is 25.6 Å². The van der Waals surface area contributed by atoms with Gasteiger partial charge < -0.3 is 11.1 Å². The summed E-state index contributed by atoms with van der Waals surface area (Å²) >= 11 is 0. The second-order valence-corrected chi connectivity index (χ2v) is 4.95. The molecule has 8 heteroatoms. The van der Waals surface area contributed by atoms with Crippen LogP contribution in [-0.4, -0.2) is 39.5 Å². The monoisotopic (exact) mass is 280 g/mol. The molecule has 1 saturated carbocycles. The average Bonchev–Trinajstić information content (AvgIpc) is 3.08. The summed E-state index contributed by atoms with van der Waals surface area (Å²) in [6.07, 6.45) is 6.36. The zero-order chi connectivity index (χ0) is 14.4. The molecule has 20 heavy (non-hydrogen) atoms. The number of amides is 3. The van der Waals surface area contributed by atoms with Crippen LogP contribution in [0.25, 0.3) is 0 Å². The van der Waals surface area contributed by atoms with E-state index in [1.807, 2.05) is 0 Å². The lowest BCUT2D eigenvalue weighted by atomic mass is 10.2. The maximum atomic E-state index is 11.6. The minimum Gasteiger partial charge on any atom is -0.335 e. The fraction of sp³-hybridized carbons (Fsp3) is 0.667. The van der Waals surface area contributed by atoms with Gasteiger partial charge in [0.1, 0.15) is 6.54 Å². The summed E-state index contributed by atoms with van der Waals surface area (Å²) in [5.74, 6) is -0.401. The molecule has 1 aliphatic rings. The van der Waals surface area contributed by atoms with Gasteiger partial charge in [-0.3, -0.25) is 10.1 Å². The fourth-order valence-electron chi connectivity index (χ4n) is 1.74. The van der Waals surface area contributed by atoms with Gasteiger partial charge >= 0.3 is 6.03 Å². The number of rotatable bonds is 7. The first-order valence-electron chi connectivity index (χ1n) is 6.87. The summed E-state index contributed by atoms with van der Waals surface area (Å²) in [6, 6.07) is -0.218. The Bertz CT molecular complexity index is 468. The molecule has 0 aliphatic heterocycles. The molecule has 110 valence electrons. The number of aryl methyl sites for hydroxylation is 1. The molecule has 0 radical (unpaired) electrons. The van der Waals surface area contributed by atoms with Crippen LogP contribution in [-0.2, 0) is 17.8 Å². The van der Waals surface area contributed by atoms with Crippen LogP contribution in [0.3, 0.4) is 0 Å². The molecule has 0 aromatic carbocycles. The van der Waals surface area contributed by atoms with Gasteiger partial charge in [-0.25, -0.2) is 9.48 Å². The molecule has 3 amide bonds. The maximum Gasteiger partial charge on any atom is 0.321 e. The summed E-state index contributed by atoms with van der Waals surface area (Å²) in [6.45, 7) is 0.647. The van der Waals surface area contributed by atoms with Gasteiger partial charge in [-0.15, -0.1) is 5.10 Å². The molecule has 1 aliphatic carbocycles. The van der Waals surface area contributed by atoms with E-state index < -0.39 is 11.9 Å². The number of nitrogens with two attached hydrogens (primary N) is 1. The number of nitrogens with one attached hydrogen (secondary N) is 2. The summed E-state index contributed by atoms with van der Waals surface area (Å²) in [5, 5.41) is 12.8. The molecule has 0 unspecified atom stereocenters. The van der Waals surface area contributed by atoms with Crippen molar-refractivity contribution in [1.29, 1.82) is 0 Å². The van der Waals surface area contributed by atoms with Crippen LogP contribution < -0.4 is 16.4 Å². The standard InChI is InChI=1S/C12H20N6O2/c13-6-2-1-3-10-7-18(17-16-10)8-11(19)15-12(20)14-9-4-5-9/h7,9H,1-6,8,13H2,(H2,14,15,19,20). The number of hydrogen-bond donors (Lipinski definition) is 3. The number of nitrogens with zero attached hydrogens (tertiary/aromatic N) is 3. The molecule has 1 heterocycles. The van der Waals surface area contributed by atoms with Gasteiger partial charge in [-0.05, 0) is 38.6 Å². The lowest BCUT2D eigenvalue weighted by Crippen LogP contribution is -2.41. The van der Waals surface area contributed by atoms with Crippen molar-refractivity contribution in [3.05, 3.63) is 11.9 Å². The Morgan fingerprint density at radius 1 is 1.40 bits per heavy atom. The molecule has 1 aromatic rings. The topological polar surface area (TPSA) is 115 Å². The van der Waals surface area contributed by atoms with Crippen molar-refractivity contribution in [2.75, 3.05) is 6.54 Å². The van der Waals surface area contributed by atoms with Gasteiger partial charge in [0.05, 0.1) is 5.69 Å². The average molecular weight is 280 g/mol. The predicted molar refractivity (Wildman–Crippen MR) is 71.7 cm³/mol. The van der Waals surface area contributed by atoms with Crippen molar-refractivity contribution >= 4 is 11.9 Å². The number of carbonyl (C=O) groups is 2. The van der Waals surface area contributed by atoms with E-state index in [0.717, 1.165) is 37.8 Å². The minimum absolute atomic E-state index is 0.0119. The van der Waals surface area contributed by atoms with Gasteiger partial charge in [0.15, 0.2) is 0 Å². The van der Waals surface area contributed by atoms with Crippen LogP contribution in [0.1, 0.15) is 31.4 Å². The highest BCUT2D eigenvalue weighted by Crippen LogP contribution is 2.18. The SMILES string of the molecule is NCCCCc1cn(CC(=O)NC(=O)NC2CC2)nn1. The molecule has 0 atom stereocenters. The Labute approximate surface area is 117 Å². The second kappa shape index (κ2) is 6.99. The normalized spacial score (nSPS) is 14.1. The quantitative estimate of drug-likeness (QED) is 0.585. The molecule has 0 bridgehead atoms. The molecular weight excluding hydrogens is 260 g/mol. The van der Waals surface area contributed by atoms with Gasteiger partial charge in [0, 0.05) is 12.2 Å². The summed E-state index contributed by atoms with van der Waals surface area (Å²) in [5.41, 5.74) is 6.24. The zero-order valence-corrected chi connectivity index (χ0v) is 11.3. The van der Waals surface area contributed by atoms with E-state index in [-0.39, 0.29) is 12.6 Å². The van der Waals surface area contributed by atoms with Crippen LogP contribution in [0.5, 0.6) is 0 Å². The van der Waals surface area contributed by atoms with Crippen molar-refractivity contribution < 1.29 is 9.59 Å². The number of unbranched alkanes of at least 4 members (excludes halogenated alkanes) is 1. The summed E-state index contributed by atoms with van der Waals surface area (Å²) in [7, 11) is 0. The number of hydrogen-bond acceptors (Lipinski definition) is 5. The van der Waals surface area contributed by atoms with Gasteiger partial charge in [0.2, 0.25) is 5.91 Å². The van der Waals surface area contributed by atoms with E-state index in [1.165, 1.54) is 4.68 Å². The third kappa shape index (κ3) is 4.96. The fourth-order valence-corrected chi connectivity index (χ4v) is 1.74. The van der Waals surface area contributed by atoms with Crippen LogP contribution in [0.2, 0.25) is 0 Å². The zero-order valence-electron chi connectivity index (χ0n) is 11.3. The first kappa shape index (κ1) is 14.4. The second-order valence-electron chi connectivity index (χ2n) is 4.95. The third-order valence-electron chi connectivity index (χ3n) is 2.94. The predicted octanol–water partition coefficient (Wildman–Crippen LogP) is -0.452. The van der Waals surface area contributed by atoms with Crippen LogP contribution in [0.4, 0.5) is 4.79 Å². The first-order valence-corrected chi connectivity index (χ1v) is 6.87. The Kier molecular flexibility index (Phi) is 5.05. The summed E-state index contributed by atoms with van der Waals surface area (Å²) < 4.78 is 1.43. The van der Waals surface area contributed by atoms with Crippen molar-refractivity contribution in [2.45, 2.75) is 44.7 Å². The van der Waals surface area contributed by atoms with Crippen molar-refractivity contribution in [3.8, 4) is 0 Å². The lowest BCUT2D eigenvalue weighted by molar-refractivity contribution is -0.120. The number of urea groups is 1. The highest BCUT2D eigenvalue weighted by Gasteiger charge is 2.23. The van der Waals surface area contributed by atoms with Gasteiger partial charge in [-0.2, -0.15) is 0 Å². The smallest absolute Gasteiger partial charge is 0.321 e. The molecule has 0 spiro atoms. The molecule has 8 nitrogen and oxygen atoms in total. The Hall–Kier alpha value is -1.96. The van der Waals surface area contributed by atoms with Gasteiger partial charge in [-0.1, -0.05) is 5.21 Å². The summed E-state index contributed by atoms with van der Waals surface area (Å²) in [4.78, 5) is 23.0. The first-order chi connectivity index (χ1) is 9.67. The number of aromatic nitrogens is 3. The third-order valence-corrected chi connectivity index (χ3v) is 2.94. The minimum atomic E-state index is -0.444. The van der Waals surface area contributed by atoms with E-state index in [4.69, 9.17) is 5.73 Å². The molecule has 1 aromatic heterocycles. The number of carbonyl (C=O) groups excluding carboxylic acids is 2. The van der Waals surface area contributed by atoms with Gasteiger partial charge in [0.25, 0.3) is 0 Å². The van der Waals surface area contributed by atoms with Crippen LogP contribution in [0.15, 0.2) is 6.20 Å². The Morgan fingerprint density at radius 3 is 2.90 bits per heavy atom. The molecule has 0 saturated heterocycles. The Balaban J connectivity index is 1.71. The van der Waals surface area contributed by atoms with Crippen LogP contribution in [0, 0.1) is 0 Å². The molecule has 2 rings (SSSR count). The lowest BCUT2D eigenvalue weighted by Gasteiger charge is -2.04. The number of imide groups is 1. The van der Waals surface area contributed by atoms with E-state index in [1.54, 1.807) is 6.20 Å².